The molecule has 4 rings (SSSR count). The summed E-state index contributed by atoms with van der Waals surface area (Å²) in [6.07, 6.45) is 4.77. The lowest BCUT2D eigenvalue weighted by Gasteiger charge is -2.20. The van der Waals surface area contributed by atoms with Gasteiger partial charge in [-0.25, -0.2) is 13.4 Å². The highest BCUT2D eigenvalue weighted by Gasteiger charge is 2.11. The molecular formula is C28H27N5O3S. The lowest BCUT2D eigenvalue weighted by Crippen LogP contribution is -2.15. The van der Waals surface area contributed by atoms with Crippen molar-refractivity contribution in [3.05, 3.63) is 115 Å². The number of amides is 1. The second-order valence-electron chi connectivity index (χ2n) is 8.44. The first kappa shape index (κ1) is 25.6. The highest BCUT2D eigenvalue weighted by atomic mass is 32.2. The van der Waals surface area contributed by atoms with Gasteiger partial charge in [-0.05, 0) is 53.6 Å². The van der Waals surface area contributed by atoms with E-state index in [1.807, 2.05) is 60.7 Å². The maximum absolute atomic E-state index is 12.4. The van der Waals surface area contributed by atoms with Crippen molar-refractivity contribution in [2.75, 3.05) is 21.8 Å². The average molecular weight is 514 g/mol. The highest BCUT2D eigenvalue weighted by molar-refractivity contribution is 7.89. The van der Waals surface area contributed by atoms with Crippen LogP contribution < -0.4 is 15.5 Å². The molecule has 4 aromatic rings. The zero-order valence-corrected chi connectivity index (χ0v) is 21.2. The minimum Gasteiger partial charge on any atom is -0.326 e. The lowest BCUT2D eigenvalue weighted by atomic mass is 10.1. The van der Waals surface area contributed by atoms with Crippen LogP contribution >= 0.6 is 0 Å². The number of nitrogens with one attached hydrogen (secondary N) is 2. The number of benzene rings is 3. The number of carbonyl (C=O) groups excluding carboxylic acids is 1. The molecule has 0 radical (unpaired) electrons. The Bertz CT molecular complexity index is 1490. The fourth-order valence-corrected chi connectivity index (χ4v) is 4.52. The number of rotatable bonds is 10. The Labute approximate surface area is 216 Å². The molecule has 0 aliphatic carbocycles. The molecule has 0 spiro atoms. The average Bonchev–Trinajstić information content (AvgIpc) is 2.85. The maximum atomic E-state index is 12.4. The van der Waals surface area contributed by atoms with Crippen LogP contribution in [0, 0.1) is 0 Å². The Hall–Kier alpha value is -4.50. The van der Waals surface area contributed by atoms with E-state index >= 15 is 0 Å². The molecule has 2 N–H and O–H groups in total. The van der Waals surface area contributed by atoms with E-state index in [2.05, 4.69) is 27.2 Å². The van der Waals surface area contributed by atoms with Gasteiger partial charge in [0.05, 0.1) is 12.2 Å². The molecule has 0 fully saturated rings. The largest absolute Gasteiger partial charge is 0.326 e. The number of aromatic nitrogens is 2. The molecule has 0 saturated heterocycles. The molecule has 0 unspecified atom stereocenters. The molecule has 0 bridgehead atoms. The van der Waals surface area contributed by atoms with Crippen LogP contribution in [0.3, 0.4) is 0 Å². The topological polar surface area (TPSA) is 104 Å². The first-order chi connectivity index (χ1) is 17.8. The summed E-state index contributed by atoms with van der Waals surface area (Å²) in [5, 5.41) is 6.04. The number of hydrogen-bond donors (Lipinski definition) is 2. The predicted octanol–water partition coefficient (Wildman–Crippen LogP) is 5.23. The molecule has 1 heterocycles. The summed E-state index contributed by atoms with van der Waals surface area (Å²) in [4.78, 5) is 23.0. The van der Waals surface area contributed by atoms with Gasteiger partial charge in [-0.3, -0.25) is 4.79 Å². The Morgan fingerprint density at radius 3 is 2.38 bits per heavy atom. The van der Waals surface area contributed by atoms with Gasteiger partial charge < -0.3 is 15.5 Å². The third kappa shape index (κ3) is 7.49. The van der Waals surface area contributed by atoms with Crippen LogP contribution in [-0.2, 0) is 26.8 Å². The fourth-order valence-electron chi connectivity index (χ4n) is 3.74. The van der Waals surface area contributed by atoms with Crippen molar-refractivity contribution in [1.29, 1.82) is 0 Å². The van der Waals surface area contributed by atoms with Crippen LogP contribution in [0.15, 0.2) is 104 Å². The van der Waals surface area contributed by atoms with Crippen LogP contribution in [0.4, 0.5) is 28.8 Å². The van der Waals surface area contributed by atoms with Gasteiger partial charge >= 0.3 is 0 Å². The number of hydrogen-bond acceptors (Lipinski definition) is 7. The number of anilines is 5. The predicted molar refractivity (Wildman–Crippen MR) is 148 cm³/mol. The van der Waals surface area contributed by atoms with Crippen molar-refractivity contribution in [2.24, 2.45) is 0 Å². The van der Waals surface area contributed by atoms with E-state index in [0.29, 0.717) is 35.1 Å². The summed E-state index contributed by atoms with van der Waals surface area (Å²) in [7, 11) is -3.14. The van der Waals surface area contributed by atoms with Crippen molar-refractivity contribution in [3.63, 3.8) is 0 Å². The summed E-state index contributed by atoms with van der Waals surface area (Å²) < 4.78 is 23.2. The van der Waals surface area contributed by atoms with E-state index < -0.39 is 9.84 Å². The molecule has 1 aromatic heterocycles. The van der Waals surface area contributed by atoms with Crippen LogP contribution in [0.2, 0.25) is 0 Å². The van der Waals surface area contributed by atoms with E-state index in [1.165, 1.54) is 6.26 Å². The van der Waals surface area contributed by atoms with Gasteiger partial charge in [0.25, 0.3) is 0 Å². The summed E-state index contributed by atoms with van der Waals surface area (Å²) in [6.45, 7) is 3.91. The third-order valence-corrected chi connectivity index (χ3v) is 6.18. The zero-order valence-electron chi connectivity index (χ0n) is 20.3. The summed E-state index contributed by atoms with van der Waals surface area (Å²) in [5.74, 6) is 0.800. The molecule has 3 aromatic carbocycles. The second-order valence-corrected chi connectivity index (χ2v) is 10.6. The molecule has 8 nitrogen and oxygen atoms in total. The van der Waals surface area contributed by atoms with Crippen molar-refractivity contribution < 1.29 is 13.2 Å². The Morgan fingerprint density at radius 2 is 1.68 bits per heavy atom. The maximum Gasteiger partial charge on any atom is 0.229 e. The van der Waals surface area contributed by atoms with Crippen molar-refractivity contribution in [3.8, 4) is 0 Å². The van der Waals surface area contributed by atoms with Crippen LogP contribution in [0.25, 0.3) is 0 Å². The molecule has 37 heavy (non-hydrogen) atoms. The summed E-state index contributed by atoms with van der Waals surface area (Å²) >= 11 is 0. The lowest BCUT2D eigenvalue weighted by molar-refractivity contribution is -0.115. The van der Waals surface area contributed by atoms with Crippen molar-refractivity contribution in [2.45, 2.75) is 12.2 Å². The number of sulfone groups is 1. The van der Waals surface area contributed by atoms with Crippen molar-refractivity contribution >= 4 is 44.6 Å². The quantitative estimate of drug-likeness (QED) is 0.299. The molecule has 1 amide bonds. The molecule has 0 saturated carbocycles. The molecule has 0 aliphatic rings. The second kappa shape index (κ2) is 11.5. The van der Waals surface area contributed by atoms with Crippen LogP contribution in [-0.4, -0.2) is 30.5 Å². The van der Waals surface area contributed by atoms with Gasteiger partial charge in [0.15, 0.2) is 9.84 Å². The molecule has 0 aliphatic heterocycles. The monoisotopic (exact) mass is 513 g/mol. The number of carbonyl (C=O) groups is 1. The van der Waals surface area contributed by atoms with E-state index in [4.69, 9.17) is 0 Å². The smallest absolute Gasteiger partial charge is 0.229 e. The summed E-state index contributed by atoms with van der Waals surface area (Å²) in [5.41, 5.74) is 3.79. The van der Waals surface area contributed by atoms with Gasteiger partial charge in [0.2, 0.25) is 11.9 Å². The Kier molecular flexibility index (Phi) is 7.95. The Balaban J connectivity index is 1.45. The first-order valence-corrected chi connectivity index (χ1v) is 13.6. The van der Waals surface area contributed by atoms with E-state index in [-0.39, 0.29) is 11.7 Å². The van der Waals surface area contributed by atoms with Crippen LogP contribution in [0.5, 0.6) is 0 Å². The highest BCUT2D eigenvalue weighted by Crippen LogP contribution is 2.27. The zero-order chi connectivity index (χ0) is 26.3. The standard InChI is InChI=1S/C28H27N5O3S/c1-3-33(25-14-12-23(13-15-25)30-27(34)19-21-8-5-4-6-9-21)26-16-17-29-28(32-26)31-24-11-7-10-22(18-24)20-37(2,35)36/h3-18H,1,19-20H2,2H3,(H,30,34)(H,29,31,32). The van der Waals surface area contributed by atoms with Gasteiger partial charge in [-0.2, -0.15) is 4.98 Å². The normalized spacial score (nSPS) is 10.9. The Morgan fingerprint density at radius 1 is 0.946 bits per heavy atom. The van der Waals surface area contributed by atoms with E-state index in [9.17, 15) is 13.2 Å². The minimum atomic E-state index is -3.14. The molecule has 9 heteroatoms. The summed E-state index contributed by atoms with van der Waals surface area (Å²) in [6, 6.07) is 25.8. The van der Waals surface area contributed by atoms with Gasteiger partial charge in [-0.1, -0.05) is 49.0 Å². The number of nitrogens with zero attached hydrogens (tertiary/aromatic N) is 3. The minimum absolute atomic E-state index is 0.0453. The first-order valence-electron chi connectivity index (χ1n) is 11.5. The molecular weight excluding hydrogens is 486 g/mol. The fraction of sp³-hybridized carbons (Fsp3) is 0.107. The van der Waals surface area contributed by atoms with E-state index in [1.54, 1.807) is 41.6 Å². The molecule has 188 valence electrons. The third-order valence-electron chi connectivity index (χ3n) is 5.32. The van der Waals surface area contributed by atoms with Crippen LogP contribution in [0.1, 0.15) is 11.1 Å². The van der Waals surface area contributed by atoms with Crippen molar-refractivity contribution in [1.82, 2.24) is 9.97 Å². The van der Waals surface area contributed by atoms with Gasteiger partial charge in [0, 0.05) is 35.7 Å². The van der Waals surface area contributed by atoms with Gasteiger partial charge in [0.1, 0.15) is 5.82 Å². The van der Waals surface area contributed by atoms with E-state index in [0.717, 1.165) is 11.3 Å². The van der Waals surface area contributed by atoms with Gasteiger partial charge in [-0.15, -0.1) is 0 Å². The molecule has 0 atom stereocenters. The SMILES string of the molecule is C=CN(c1ccc(NC(=O)Cc2ccccc2)cc1)c1ccnc(Nc2cccc(CS(C)(=O)=O)c2)n1.